The molecule has 1 aromatic carbocycles. The van der Waals surface area contributed by atoms with E-state index < -0.39 is 6.10 Å². The van der Waals surface area contributed by atoms with Crippen LogP contribution in [0.5, 0.6) is 0 Å². The van der Waals surface area contributed by atoms with Gasteiger partial charge in [-0.1, -0.05) is 12.1 Å². The minimum absolute atomic E-state index is 0.167. The lowest BCUT2D eigenvalue weighted by molar-refractivity contribution is 0.0610. The van der Waals surface area contributed by atoms with Crippen LogP contribution in [-0.4, -0.2) is 42.4 Å². The van der Waals surface area contributed by atoms with E-state index in [4.69, 9.17) is 4.74 Å². The molecular formula is C14H16N2O3S. The fourth-order valence-corrected chi connectivity index (χ4v) is 2.27. The molecule has 2 N–H and O–H groups in total. The molecule has 1 heterocycles. The number of aromatic nitrogens is 1. The normalized spacial score (nSPS) is 12.1. The lowest BCUT2D eigenvalue weighted by Gasteiger charge is -2.10. The van der Waals surface area contributed by atoms with Gasteiger partial charge in [0.1, 0.15) is 0 Å². The zero-order valence-electron chi connectivity index (χ0n) is 11.1. The van der Waals surface area contributed by atoms with E-state index in [-0.39, 0.29) is 19.1 Å². The number of hydrogen-bond acceptors (Lipinski definition) is 5. The summed E-state index contributed by atoms with van der Waals surface area (Å²) in [5, 5.41) is 14.1. The van der Waals surface area contributed by atoms with Crippen molar-refractivity contribution in [3.8, 4) is 11.3 Å². The molecule has 0 bridgehead atoms. The van der Waals surface area contributed by atoms with Crippen molar-refractivity contribution in [1.29, 1.82) is 0 Å². The topological polar surface area (TPSA) is 71.5 Å². The molecule has 106 valence electrons. The van der Waals surface area contributed by atoms with Crippen LogP contribution in [0.4, 0.5) is 0 Å². The van der Waals surface area contributed by atoms with Gasteiger partial charge in [0.25, 0.3) is 5.91 Å². The Labute approximate surface area is 121 Å². The Morgan fingerprint density at radius 1 is 1.45 bits per heavy atom. The molecule has 0 saturated carbocycles. The maximum absolute atomic E-state index is 11.9. The van der Waals surface area contributed by atoms with Crippen LogP contribution in [0.25, 0.3) is 11.3 Å². The summed E-state index contributed by atoms with van der Waals surface area (Å²) in [6, 6.07) is 7.20. The summed E-state index contributed by atoms with van der Waals surface area (Å²) in [6.45, 7) is 0.365. The van der Waals surface area contributed by atoms with E-state index in [2.05, 4.69) is 10.3 Å². The number of methoxy groups -OCH3 is 1. The van der Waals surface area contributed by atoms with E-state index in [0.717, 1.165) is 11.3 Å². The highest BCUT2D eigenvalue weighted by Crippen LogP contribution is 2.19. The van der Waals surface area contributed by atoms with Crippen LogP contribution >= 0.6 is 11.3 Å². The fourth-order valence-electron chi connectivity index (χ4n) is 1.71. The zero-order chi connectivity index (χ0) is 14.4. The van der Waals surface area contributed by atoms with Gasteiger partial charge in [0.2, 0.25) is 0 Å². The number of nitrogens with one attached hydrogen (secondary N) is 1. The second-order valence-electron chi connectivity index (χ2n) is 4.27. The van der Waals surface area contributed by atoms with Crippen LogP contribution in [0, 0.1) is 0 Å². The number of ether oxygens (including phenoxy) is 1. The Hall–Kier alpha value is -1.76. The molecule has 6 heteroatoms. The largest absolute Gasteiger partial charge is 0.389 e. The molecule has 0 saturated heterocycles. The minimum atomic E-state index is -0.696. The molecule has 0 aliphatic carbocycles. The van der Waals surface area contributed by atoms with Crippen LogP contribution < -0.4 is 5.32 Å². The first-order valence-electron chi connectivity index (χ1n) is 6.14. The van der Waals surface area contributed by atoms with Crippen molar-refractivity contribution < 1.29 is 14.6 Å². The number of hydrogen-bond donors (Lipinski definition) is 2. The molecule has 0 spiro atoms. The van der Waals surface area contributed by atoms with Gasteiger partial charge in [-0.3, -0.25) is 4.79 Å². The van der Waals surface area contributed by atoms with Crippen LogP contribution in [0.3, 0.4) is 0 Å². The van der Waals surface area contributed by atoms with Gasteiger partial charge < -0.3 is 15.2 Å². The number of amides is 1. The summed E-state index contributed by atoms with van der Waals surface area (Å²) in [4.78, 5) is 16.1. The number of rotatable bonds is 6. The summed E-state index contributed by atoms with van der Waals surface area (Å²) in [7, 11) is 1.50. The van der Waals surface area contributed by atoms with E-state index in [0.29, 0.717) is 5.56 Å². The Kier molecular flexibility index (Phi) is 5.23. The van der Waals surface area contributed by atoms with Crippen molar-refractivity contribution in [2.75, 3.05) is 20.3 Å². The monoisotopic (exact) mass is 292 g/mol. The second-order valence-corrected chi connectivity index (χ2v) is 4.99. The summed E-state index contributed by atoms with van der Waals surface area (Å²) >= 11 is 1.53. The highest BCUT2D eigenvalue weighted by Gasteiger charge is 2.09. The molecular weight excluding hydrogens is 276 g/mol. The van der Waals surface area contributed by atoms with Crippen LogP contribution in [0.2, 0.25) is 0 Å². The van der Waals surface area contributed by atoms with Gasteiger partial charge in [0.05, 0.1) is 23.9 Å². The second kappa shape index (κ2) is 7.14. The molecule has 1 atom stereocenters. The molecule has 5 nitrogen and oxygen atoms in total. The van der Waals surface area contributed by atoms with E-state index >= 15 is 0 Å². The summed E-state index contributed by atoms with van der Waals surface area (Å²) in [5.41, 5.74) is 4.20. The minimum Gasteiger partial charge on any atom is -0.389 e. The predicted octanol–water partition coefficient (Wildman–Crippen LogP) is 1.55. The smallest absolute Gasteiger partial charge is 0.251 e. The number of carbonyl (C=O) groups is 1. The summed E-state index contributed by atoms with van der Waals surface area (Å²) in [5.74, 6) is -0.218. The van der Waals surface area contributed by atoms with E-state index in [1.54, 1.807) is 17.6 Å². The Bertz CT molecular complexity index is 540. The standard InChI is InChI=1S/C14H16N2O3S/c1-19-7-12(17)6-15-14(18)11-4-2-10(3-5-11)13-8-20-9-16-13/h2-5,8-9,12,17H,6-7H2,1H3,(H,15,18). The molecule has 0 aliphatic rings. The first kappa shape index (κ1) is 14.6. The lowest BCUT2D eigenvalue weighted by atomic mass is 10.1. The maximum atomic E-state index is 11.9. The Morgan fingerprint density at radius 2 is 2.20 bits per heavy atom. The molecule has 2 aromatic rings. The Balaban J connectivity index is 1.94. The highest BCUT2D eigenvalue weighted by molar-refractivity contribution is 7.07. The molecule has 1 aromatic heterocycles. The van der Waals surface area contributed by atoms with Crippen molar-refractivity contribution in [1.82, 2.24) is 10.3 Å². The van der Waals surface area contributed by atoms with Crippen LogP contribution in [0.15, 0.2) is 35.2 Å². The molecule has 2 rings (SSSR count). The maximum Gasteiger partial charge on any atom is 0.251 e. The van der Waals surface area contributed by atoms with E-state index in [9.17, 15) is 9.90 Å². The molecule has 1 amide bonds. The van der Waals surface area contributed by atoms with Crippen molar-refractivity contribution in [3.63, 3.8) is 0 Å². The lowest BCUT2D eigenvalue weighted by Crippen LogP contribution is -2.34. The molecule has 0 radical (unpaired) electrons. The third-order valence-corrected chi connectivity index (χ3v) is 3.32. The van der Waals surface area contributed by atoms with Crippen LogP contribution in [-0.2, 0) is 4.74 Å². The van der Waals surface area contributed by atoms with Gasteiger partial charge in [-0.25, -0.2) is 4.98 Å². The van der Waals surface area contributed by atoms with Crippen molar-refractivity contribution in [3.05, 3.63) is 40.7 Å². The van der Waals surface area contributed by atoms with Crippen LogP contribution in [0.1, 0.15) is 10.4 Å². The number of aliphatic hydroxyl groups excluding tert-OH is 1. The van der Waals surface area contributed by atoms with Gasteiger partial charge in [-0.15, -0.1) is 11.3 Å². The number of thiazole rings is 1. The Morgan fingerprint density at radius 3 is 2.80 bits per heavy atom. The van der Waals surface area contributed by atoms with Crippen molar-refractivity contribution >= 4 is 17.2 Å². The van der Waals surface area contributed by atoms with E-state index in [1.165, 1.54) is 18.4 Å². The van der Waals surface area contributed by atoms with Gasteiger partial charge in [-0.2, -0.15) is 0 Å². The highest BCUT2D eigenvalue weighted by atomic mass is 32.1. The SMILES string of the molecule is COCC(O)CNC(=O)c1ccc(-c2cscn2)cc1. The van der Waals surface area contributed by atoms with E-state index in [1.807, 2.05) is 17.5 Å². The zero-order valence-corrected chi connectivity index (χ0v) is 11.9. The quantitative estimate of drug-likeness (QED) is 0.847. The van der Waals surface area contributed by atoms with Crippen molar-refractivity contribution in [2.45, 2.75) is 6.10 Å². The molecule has 0 fully saturated rings. The average molecular weight is 292 g/mol. The number of aliphatic hydroxyl groups is 1. The summed E-state index contributed by atoms with van der Waals surface area (Å²) in [6.07, 6.45) is -0.696. The third-order valence-electron chi connectivity index (χ3n) is 2.73. The molecule has 1 unspecified atom stereocenters. The number of benzene rings is 1. The molecule has 20 heavy (non-hydrogen) atoms. The molecule has 0 aliphatic heterocycles. The van der Waals surface area contributed by atoms with Crippen molar-refractivity contribution in [2.24, 2.45) is 0 Å². The third kappa shape index (κ3) is 3.86. The van der Waals surface area contributed by atoms with Gasteiger partial charge in [-0.05, 0) is 12.1 Å². The first-order chi connectivity index (χ1) is 9.70. The predicted molar refractivity (Wildman–Crippen MR) is 77.8 cm³/mol. The fraction of sp³-hybridized carbons (Fsp3) is 0.286. The average Bonchev–Trinajstić information content (AvgIpc) is 2.99. The van der Waals surface area contributed by atoms with Gasteiger partial charge >= 0.3 is 0 Å². The number of nitrogens with zero attached hydrogens (tertiary/aromatic N) is 1. The van der Waals surface area contributed by atoms with Gasteiger partial charge in [0.15, 0.2) is 0 Å². The first-order valence-corrected chi connectivity index (χ1v) is 7.09. The van der Waals surface area contributed by atoms with Gasteiger partial charge in [0, 0.05) is 30.2 Å². The number of carbonyl (C=O) groups excluding carboxylic acids is 1. The summed E-state index contributed by atoms with van der Waals surface area (Å²) < 4.78 is 4.79.